The molecule has 3 N–H and O–H groups in total. The minimum absolute atomic E-state index is 0.0304. The Labute approximate surface area is 148 Å². The number of ether oxygens (including phenoxy) is 1. The molecule has 2 heterocycles. The van der Waals surface area contributed by atoms with Gasteiger partial charge < -0.3 is 20.7 Å². The van der Waals surface area contributed by atoms with Crippen LogP contribution in [0, 0.1) is 5.41 Å². The van der Waals surface area contributed by atoms with Crippen molar-refractivity contribution in [2.45, 2.75) is 32.4 Å². The van der Waals surface area contributed by atoms with Gasteiger partial charge in [0.1, 0.15) is 12.4 Å². The molecule has 0 saturated carbocycles. The summed E-state index contributed by atoms with van der Waals surface area (Å²) in [6.07, 6.45) is 4.56. The Morgan fingerprint density at radius 3 is 2.48 bits per heavy atom. The zero-order valence-electron chi connectivity index (χ0n) is 14.7. The lowest BCUT2D eigenvalue weighted by Gasteiger charge is -2.41. The average Bonchev–Trinajstić information content (AvgIpc) is 2.55. The number of allylic oxidation sites excluding steroid dienone is 1. The third-order valence-electron chi connectivity index (χ3n) is 5.02. The summed E-state index contributed by atoms with van der Waals surface area (Å²) in [4.78, 5) is 25.3. The van der Waals surface area contributed by atoms with Crippen molar-refractivity contribution < 1.29 is 14.3 Å². The zero-order valence-corrected chi connectivity index (χ0v) is 14.7. The van der Waals surface area contributed by atoms with Crippen molar-refractivity contribution >= 4 is 11.8 Å². The van der Waals surface area contributed by atoms with Gasteiger partial charge in [-0.1, -0.05) is 24.3 Å². The van der Waals surface area contributed by atoms with Crippen molar-refractivity contribution in [1.29, 1.82) is 0 Å². The number of hydrogen-bond donors (Lipinski definition) is 3. The highest BCUT2D eigenvalue weighted by atomic mass is 16.5. The minimum atomic E-state index is -0.406. The van der Waals surface area contributed by atoms with E-state index < -0.39 is 5.41 Å². The molecule has 6 heteroatoms. The van der Waals surface area contributed by atoms with Crippen molar-refractivity contribution in [1.82, 2.24) is 16.0 Å². The molecular formula is C19H25N3O3. The fourth-order valence-corrected chi connectivity index (χ4v) is 3.01. The van der Waals surface area contributed by atoms with E-state index in [4.69, 9.17) is 4.74 Å². The number of nitrogens with one attached hydrogen (secondary N) is 3. The summed E-state index contributed by atoms with van der Waals surface area (Å²) in [5.74, 6) is 0.388. The van der Waals surface area contributed by atoms with Gasteiger partial charge in [0.15, 0.2) is 0 Å². The maximum atomic E-state index is 12.7. The Hall–Kier alpha value is -2.34. The van der Waals surface area contributed by atoms with Gasteiger partial charge in [0.25, 0.3) is 5.91 Å². The standard InChI is InChI=1S/C19H25N3O3/c1-13-14(2)22-18(24)19(11-20-12-19)9-5-6-10-25-16-8-4-3-7-15(16)17(23)21-13/h3-8,13-14,20H,9-12H2,1-2H3,(H,21,23)(H,22,24)/b6-5-/t13-,14-/m1/s1. The third kappa shape index (κ3) is 3.69. The lowest BCUT2D eigenvalue weighted by molar-refractivity contribution is -0.134. The number of amides is 2. The van der Waals surface area contributed by atoms with E-state index in [-0.39, 0.29) is 23.9 Å². The fraction of sp³-hybridized carbons (Fsp3) is 0.474. The number of benzene rings is 1. The molecule has 25 heavy (non-hydrogen) atoms. The molecule has 0 unspecified atom stereocenters. The van der Waals surface area contributed by atoms with E-state index in [0.29, 0.717) is 37.4 Å². The van der Waals surface area contributed by atoms with Crippen LogP contribution in [0.5, 0.6) is 5.75 Å². The highest BCUT2D eigenvalue weighted by Crippen LogP contribution is 2.28. The predicted octanol–water partition coefficient (Wildman–Crippen LogP) is 1.24. The zero-order chi connectivity index (χ0) is 17.9. The van der Waals surface area contributed by atoms with E-state index in [1.165, 1.54) is 0 Å². The molecule has 3 rings (SSSR count). The Morgan fingerprint density at radius 2 is 1.76 bits per heavy atom. The molecule has 0 radical (unpaired) electrons. The second-order valence-corrected chi connectivity index (χ2v) is 6.89. The summed E-state index contributed by atoms with van der Waals surface area (Å²) < 4.78 is 5.75. The van der Waals surface area contributed by atoms with Gasteiger partial charge in [0.2, 0.25) is 5.91 Å². The Kier molecular flexibility index (Phi) is 5.08. The molecule has 134 valence electrons. The van der Waals surface area contributed by atoms with Crippen molar-refractivity contribution in [3.8, 4) is 5.75 Å². The summed E-state index contributed by atoms with van der Waals surface area (Å²) in [6, 6.07) is 6.82. The van der Waals surface area contributed by atoms with Crippen molar-refractivity contribution in [3.63, 3.8) is 0 Å². The molecule has 1 aromatic carbocycles. The molecule has 0 bridgehead atoms. The van der Waals surface area contributed by atoms with Crippen LogP contribution in [-0.2, 0) is 4.79 Å². The maximum absolute atomic E-state index is 12.7. The van der Waals surface area contributed by atoms with E-state index in [2.05, 4.69) is 16.0 Å². The topological polar surface area (TPSA) is 79.5 Å². The van der Waals surface area contributed by atoms with Crippen LogP contribution in [0.1, 0.15) is 30.6 Å². The molecule has 2 aliphatic rings. The maximum Gasteiger partial charge on any atom is 0.255 e. The molecule has 2 atom stereocenters. The molecule has 1 saturated heterocycles. The van der Waals surface area contributed by atoms with E-state index >= 15 is 0 Å². The van der Waals surface area contributed by atoms with E-state index in [1.807, 2.05) is 38.1 Å². The summed E-state index contributed by atoms with van der Waals surface area (Å²) >= 11 is 0. The van der Waals surface area contributed by atoms with Gasteiger partial charge >= 0.3 is 0 Å². The minimum Gasteiger partial charge on any atom is -0.489 e. The Balaban J connectivity index is 1.85. The first-order valence-electron chi connectivity index (χ1n) is 8.71. The lowest BCUT2D eigenvalue weighted by atomic mass is 9.77. The van der Waals surface area contributed by atoms with Gasteiger partial charge in [0.05, 0.1) is 11.0 Å². The van der Waals surface area contributed by atoms with E-state index in [0.717, 1.165) is 0 Å². The highest BCUT2D eigenvalue weighted by molar-refractivity contribution is 5.97. The first kappa shape index (κ1) is 17.5. The summed E-state index contributed by atoms with van der Waals surface area (Å²) in [5, 5.41) is 9.21. The van der Waals surface area contributed by atoms with Crippen molar-refractivity contribution in [2.24, 2.45) is 5.41 Å². The van der Waals surface area contributed by atoms with Crippen LogP contribution in [0.15, 0.2) is 36.4 Å². The molecule has 6 nitrogen and oxygen atoms in total. The number of rotatable bonds is 0. The first-order valence-corrected chi connectivity index (χ1v) is 8.71. The number of para-hydroxylation sites is 1. The van der Waals surface area contributed by atoms with Gasteiger partial charge in [0, 0.05) is 25.2 Å². The second kappa shape index (κ2) is 7.27. The number of carbonyl (C=O) groups excluding carboxylic acids is 2. The third-order valence-corrected chi connectivity index (χ3v) is 5.02. The van der Waals surface area contributed by atoms with Crippen LogP contribution < -0.4 is 20.7 Å². The van der Waals surface area contributed by atoms with Crippen LogP contribution in [-0.4, -0.2) is 43.6 Å². The molecule has 1 aromatic rings. The predicted molar refractivity (Wildman–Crippen MR) is 95.5 cm³/mol. The smallest absolute Gasteiger partial charge is 0.255 e. The summed E-state index contributed by atoms with van der Waals surface area (Å²) in [6.45, 7) is 5.50. The van der Waals surface area contributed by atoms with Crippen LogP contribution in [0.3, 0.4) is 0 Å². The molecule has 2 amide bonds. The average molecular weight is 343 g/mol. The fourth-order valence-electron chi connectivity index (χ4n) is 3.01. The number of hydrogen-bond acceptors (Lipinski definition) is 4. The Morgan fingerprint density at radius 1 is 1.04 bits per heavy atom. The SMILES string of the molecule is C[C@H]1NC(=O)c2ccccc2OC/C=C\CC2(CNC2)C(=O)N[C@@H]1C. The molecule has 2 aliphatic heterocycles. The van der Waals surface area contributed by atoms with E-state index in [1.54, 1.807) is 12.1 Å². The second-order valence-electron chi connectivity index (χ2n) is 6.89. The normalized spacial score (nSPS) is 27.8. The lowest BCUT2D eigenvalue weighted by Crippen LogP contribution is -2.63. The van der Waals surface area contributed by atoms with Crippen LogP contribution in [0.2, 0.25) is 0 Å². The monoisotopic (exact) mass is 343 g/mol. The van der Waals surface area contributed by atoms with Crippen LogP contribution in [0.4, 0.5) is 0 Å². The van der Waals surface area contributed by atoms with Gasteiger partial charge in [-0.15, -0.1) is 0 Å². The largest absolute Gasteiger partial charge is 0.489 e. The van der Waals surface area contributed by atoms with Gasteiger partial charge in [-0.25, -0.2) is 0 Å². The van der Waals surface area contributed by atoms with Gasteiger partial charge in [-0.05, 0) is 32.4 Å². The molecule has 1 fully saturated rings. The van der Waals surface area contributed by atoms with Gasteiger partial charge in [-0.3, -0.25) is 9.59 Å². The molecule has 0 aromatic heterocycles. The summed E-state index contributed by atoms with van der Waals surface area (Å²) in [5.41, 5.74) is 0.0919. The quantitative estimate of drug-likeness (QED) is 0.619. The van der Waals surface area contributed by atoms with Crippen LogP contribution >= 0.6 is 0 Å². The van der Waals surface area contributed by atoms with E-state index in [9.17, 15) is 9.59 Å². The number of carbonyl (C=O) groups is 2. The Bertz CT molecular complexity index is 682. The molecule has 1 spiro atoms. The van der Waals surface area contributed by atoms with Crippen molar-refractivity contribution in [3.05, 3.63) is 42.0 Å². The van der Waals surface area contributed by atoms with Gasteiger partial charge in [-0.2, -0.15) is 0 Å². The van der Waals surface area contributed by atoms with Crippen molar-refractivity contribution in [2.75, 3.05) is 19.7 Å². The summed E-state index contributed by atoms with van der Waals surface area (Å²) in [7, 11) is 0. The molecule has 0 aliphatic carbocycles. The first-order chi connectivity index (χ1) is 12.0. The number of fused-ring (bicyclic) bond motifs is 1. The van der Waals surface area contributed by atoms with Crippen LogP contribution in [0.25, 0.3) is 0 Å². The molecular weight excluding hydrogens is 318 g/mol. The highest BCUT2D eigenvalue weighted by Gasteiger charge is 2.43.